The van der Waals surface area contributed by atoms with E-state index in [1.165, 1.54) is 6.07 Å². The van der Waals surface area contributed by atoms with Crippen LogP contribution in [-0.2, 0) is 10.0 Å². The molecular formula is C13H13ClN2O2S. The molecule has 0 radical (unpaired) electrons. The molecule has 0 saturated carbocycles. The summed E-state index contributed by atoms with van der Waals surface area (Å²) in [6, 6.07) is 11.2. The first kappa shape index (κ1) is 13.7. The van der Waals surface area contributed by atoms with E-state index in [0.29, 0.717) is 16.4 Å². The molecule has 0 aliphatic rings. The van der Waals surface area contributed by atoms with Crippen LogP contribution in [-0.4, -0.2) is 8.42 Å². The Morgan fingerprint density at radius 1 is 1.11 bits per heavy atom. The van der Waals surface area contributed by atoms with E-state index in [-0.39, 0.29) is 4.90 Å². The Kier molecular flexibility index (Phi) is 3.68. The van der Waals surface area contributed by atoms with Gasteiger partial charge in [0.2, 0.25) is 0 Å². The van der Waals surface area contributed by atoms with Crippen LogP contribution in [0.25, 0.3) is 0 Å². The monoisotopic (exact) mass is 296 g/mol. The Balaban J connectivity index is 2.30. The van der Waals surface area contributed by atoms with Gasteiger partial charge in [-0.25, -0.2) is 8.42 Å². The predicted molar refractivity (Wildman–Crippen MR) is 77.9 cm³/mol. The Morgan fingerprint density at radius 2 is 1.74 bits per heavy atom. The number of aryl methyl sites for hydroxylation is 1. The fraction of sp³-hybridized carbons (Fsp3) is 0.0769. The summed E-state index contributed by atoms with van der Waals surface area (Å²) in [7, 11) is -3.61. The molecule has 0 aliphatic heterocycles. The summed E-state index contributed by atoms with van der Waals surface area (Å²) >= 11 is 5.85. The Bertz CT molecular complexity index is 697. The maximum absolute atomic E-state index is 12.1. The third kappa shape index (κ3) is 3.19. The number of benzene rings is 2. The highest BCUT2D eigenvalue weighted by atomic mass is 35.5. The van der Waals surface area contributed by atoms with Gasteiger partial charge in [0.25, 0.3) is 10.0 Å². The Labute approximate surface area is 117 Å². The Hall–Kier alpha value is -1.72. The quantitative estimate of drug-likeness (QED) is 0.855. The van der Waals surface area contributed by atoms with Crippen molar-refractivity contribution in [2.45, 2.75) is 11.8 Å². The maximum Gasteiger partial charge on any atom is 0.261 e. The summed E-state index contributed by atoms with van der Waals surface area (Å²) < 4.78 is 26.7. The first-order valence-corrected chi connectivity index (χ1v) is 7.39. The van der Waals surface area contributed by atoms with Crippen LogP contribution in [0.1, 0.15) is 5.56 Å². The molecule has 0 atom stereocenters. The topological polar surface area (TPSA) is 72.2 Å². The van der Waals surface area contributed by atoms with Crippen molar-refractivity contribution in [3.05, 3.63) is 53.1 Å². The van der Waals surface area contributed by atoms with Gasteiger partial charge in [-0.05, 0) is 37.3 Å². The van der Waals surface area contributed by atoms with E-state index in [1.807, 2.05) is 6.92 Å². The molecule has 2 aromatic rings. The summed E-state index contributed by atoms with van der Waals surface area (Å²) in [6.45, 7) is 1.89. The minimum atomic E-state index is -3.61. The van der Waals surface area contributed by atoms with Gasteiger partial charge in [-0.2, -0.15) is 0 Å². The van der Waals surface area contributed by atoms with Gasteiger partial charge >= 0.3 is 0 Å². The van der Waals surface area contributed by atoms with Gasteiger partial charge in [0.05, 0.1) is 21.3 Å². The molecule has 19 heavy (non-hydrogen) atoms. The van der Waals surface area contributed by atoms with Crippen LogP contribution in [0.5, 0.6) is 0 Å². The highest BCUT2D eigenvalue weighted by Crippen LogP contribution is 2.24. The van der Waals surface area contributed by atoms with Crippen LogP contribution in [0, 0.1) is 6.92 Å². The van der Waals surface area contributed by atoms with Crippen molar-refractivity contribution in [1.29, 1.82) is 0 Å². The first-order chi connectivity index (χ1) is 8.88. The number of nitrogens with two attached hydrogens (primary N) is 1. The number of nitrogen functional groups attached to an aromatic ring is 1. The van der Waals surface area contributed by atoms with Crippen molar-refractivity contribution in [3.8, 4) is 0 Å². The average Bonchev–Trinajstić information content (AvgIpc) is 2.34. The number of sulfonamides is 1. The van der Waals surface area contributed by atoms with Gasteiger partial charge in [-0.1, -0.05) is 29.3 Å². The van der Waals surface area contributed by atoms with E-state index in [1.54, 1.807) is 36.4 Å². The fourth-order valence-corrected chi connectivity index (χ4v) is 2.75. The molecule has 2 aromatic carbocycles. The minimum absolute atomic E-state index is 0.200. The highest BCUT2D eigenvalue weighted by Gasteiger charge is 2.14. The summed E-state index contributed by atoms with van der Waals surface area (Å²) in [6.07, 6.45) is 0. The lowest BCUT2D eigenvalue weighted by Crippen LogP contribution is -2.12. The largest absolute Gasteiger partial charge is 0.398 e. The second kappa shape index (κ2) is 5.11. The Morgan fingerprint density at radius 3 is 2.32 bits per heavy atom. The van der Waals surface area contributed by atoms with Gasteiger partial charge in [-0.3, -0.25) is 4.72 Å². The fourth-order valence-electron chi connectivity index (χ4n) is 1.52. The van der Waals surface area contributed by atoms with Gasteiger partial charge in [0, 0.05) is 0 Å². The lowest BCUT2D eigenvalue weighted by atomic mass is 10.2. The average molecular weight is 297 g/mol. The third-order valence-corrected chi connectivity index (χ3v) is 4.31. The SMILES string of the molecule is Cc1ccc(S(=O)(=O)Nc2ccc(N)c(Cl)c2)cc1. The van der Waals surface area contributed by atoms with Crippen molar-refractivity contribution < 1.29 is 8.42 Å². The minimum Gasteiger partial charge on any atom is -0.398 e. The van der Waals surface area contributed by atoms with Crippen LogP contribution in [0.3, 0.4) is 0 Å². The first-order valence-electron chi connectivity index (χ1n) is 5.53. The van der Waals surface area contributed by atoms with E-state index in [0.717, 1.165) is 5.56 Å². The van der Waals surface area contributed by atoms with Crippen molar-refractivity contribution in [3.63, 3.8) is 0 Å². The third-order valence-electron chi connectivity index (χ3n) is 2.58. The molecule has 100 valence electrons. The molecule has 0 saturated heterocycles. The molecule has 0 amide bonds. The van der Waals surface area contributed by atoms with Gasteiger partial charge in [0.1, 0.15) is 0 Å². The smallest absolute Gasteiger partial charge is 0.261 e. The van der Waals surface area contributed by atoms with Crippen molar-refractivity contribution in [1.82, 2.24) is 0 Å². The number of hydrogen-bond acceptors (Lipinski definition) is 3. The molecule has 0 aliphatic carbocycles. The summed E-state index contributed by atoms with van der Waals surface area (Å²) in [5, 5.41) is 0.309. The number of halogens is 1. The standard InChI is InChI=1S/C13H13ClN2O2S/c1-9-2-5-11(6-3-9)19(17,18)16-10-4-7-13(15)12(14)8-10/h2-8,16H,15H2,1H3. The molecule has 0 unspecified atom stereocenters. The van der Waals surface area contributed by atoms with E-state index in [9.17, 15) is 8.42 Å². The highest BCUT2D eigenvalue weighted by molar-refractivity contribution is 7.92. The molecular weight excluding hydrogens is 284 g/mol. The summed E-state index contributed by atoms with van der Waals surface area (Å²) in [4.78, 5) is 0.200. The van der Waals surface area contributed by atoms with Crippen LogP contribution in [0.2, 0.25) is 5.02 Å². The normalized spacial score (nSPS) is 11.3. The molecule has 0 fully saturated rings. The number of hydrogen-bond donors (Lipinski definition) is 2. The van der Waals surface area contributed by atoms with E-state index in [2.05, 4.69) is 4.72 Å². The van der Waals surface area contributed by atoms with E-state index >= 15 is 0 Å². The molecule has 4 nitrogen and oxygen atoms in total. The lowest BCUT2D eigenvalue weighted by molar-refractivity contribution is 0.601. The van der Waals surface area contributed by atoms with Crippen LogP contribution < -0.4 is 10.5 Å². The number of nitrogens with one attached hydrogen (secondary N) is 1. The lowest BCUT2D eigenvalue weighted by Gasteiger charge is -2.09. The van der Waals surface area contributed by atoms with Gasteiger partial charge < -0.3 is 5.73 Å². The number of anilines is 2. The summed E-state index contributed by atoms with van der Waals surface area (Å²) in [5.41, 5.74) is 7.34. The van der Waals surface area contributed by atoms with Crippen LogP contribution in [0.15, 0.2) is 47.4 Å². The summed E-state index contributed by atoms with van der Waals surface area (Å²) in [5.74, 6) is 0. The zero-order valence-electron chi connectivity index (χ0n) is 10.2. The van der Waals surface area contributed by atoms with Gasteiger partial charge in [0.15, 0.2) is 0 Å². The van der Waals surface area contributed by atoms with Gasteiger partial charge in [-0.15, -0.1) is 0 Å². The maximum atomic E-state index is 12.1. The molecule has 0 heterocycles. The van der Waals surface area contributed by atoms with Crippen molar-refractivity contribution in [2.24, 2.45) is 0 Å². The second-order valence-electron chi connectivity index (χ2n) is 4.15. The predicted octanol–water partition coefficient (Wildman–Crippen LogP) is 3.03. The van der Waals surface area contributed by atoms with Crippen LogP contribution >= 0.6 is 11.6 Å². The van der Waals surface area contributed by atoms with Crippen molar-refractivity contribution >= 4 is 33.0 Å². The van der Waals surface area contributed by atoms with E-state index in [4.69, 9.17) is 17.3 Å². The number of rotatable bonds is 3. The van der Waals surface area contributed by atoms with Crippen LogP contribution in [0.4, 0.5) is 11.4 Å². The molecule has 0 aromatic heterocycles. The molecule has 3 N–H and O–H groups in total. The van der Waals surface area contributed by atoms with Crippen molar-refractivity contribution in [2.75, 3.05) is 10.5 Å². The molecule has 0 bridgehead atoms. The zero-order chi connectivity index (χ0) is 14.0. The zero-order valence-corrected chi connectivity index (χ0v) is 11.8. The molecule has 6 heteroatoms. The molecule has 0 spiro atoms. The van der Waals surface area contributed by atoms with E-state index < -0.39 is 10.0 Å². The second-order valence-corrected chi connectivity index (χ2v) is 6.24. The molecule has 2 rings (SSSR count).